The first-order valence-electron chi connectivity index (χ1n) is 5.26. The van der Waals surface area contributed by atoms with E-state index >= 15 is 0 Å². The van der Waals surface area contributed by atoms with Crippen LogP contribution in [0.15, 0.2) is 18.2 Å². The first-order valence-corrected chi connectivity index (χ1v) is 5.26. The van der Waals surface area contributed by atoms with Crippen molar-refractivity contribution < 1.29 is 9.47 Å². The largest absolute Gasteiger partial charge is 0.495 e. The molecule has 0 aliphatic carbocycles. The van der Waals surface area contributed by atoms with Crippen LogP contribution in [-0.4, -0.2) is 19.8 Å². The van der Waals surface area contributed by atoms with Gasteiger partial charge >= 0.3 is 0 Å². The van der Waals surface area contributed by atoms with Gasteiger partial charge in [0, 0.05) is 12.6 Å². The summed E-state index contributed by atoms with van der Waals surface area (Å²) in [4.78, 5) is 0. The van der Waals surface area contributed by atoms with E-state index in [1.54, 1.807) is 7.11 Å². The second-order valence-corrected chi connectivity index (χ2v) is 3.56. The zero-order valence-corrected chi connectivity index (χ0v) is 9.83. The highest BCUT2D eigenvalue weighted by Crippen LogP contribution is 2.29. The molecule has 0 aromatic heterocycles. The van der Waals surface area contributed by atoms with Gasteiger partial charge in [0.1, 0.15) is 11.5 Å². The number of hydrogen-bond acceptors (Lipinski definition) is 3. The van der Waals surface area contributed by atoms with Gasteiger partial charge in [-0.1, -0.05) is 0 Å². The van der Waals surface area contributed by atoms with Crippen LogP contribution in [0.25, 0.3) is 0 Å². The molecule has 0 fully saturated rings. The summed E-state index contributed by atoms with van der Waals surface area (Å²) in [7, 11) is 1.67. The smallest absolute Gasteiger partial charge is 0.142 e. The van der Waals surface area contributed by atoms with E-state index in [2.05, 4.69) is 12.2 Å². The molecule has 0 atom stereocenters. The van der Waals surface area contributed by atoms with Gasteiger partial charge in [0.05, 0.1) is 18.9 Å². The molecule has 0 spiro atoms. The molecule has 1 N–H and O–H groups in total. The Morgan fingerprint density at radius 1 is 1.33 bits per heavy atom. The Kier molecular flexibility index (Phi) is 4.28. The van der Waals surface area contributed by atoms with Gasteiger partial charge in [-0.3, -0.25) is 0 Å². The number of ether oxygens (including phenoxy) is 2. The Morgan fingerprint density at radius 3 is 2.60 bits per heavy atom. The predicted molar refractivity (Wildman–Crippen MR) is 62.9 cm³/mol. The molecule has 1 aromatic carbocycles. The van der Waals surface area contributed by atoms with E-state index in [9.17, 15) is 0 Å². The quantitative estimate of drug-likeness (QED) is 0.808. The Hall–Kier alpha value is -1.38. The molecular weight excluding hydrogens is 190 g/mol. The second-order valence-electron chi connectivity index (χ2n) is 3.56. The maximum absolute atomic E-state index is 5.61. The Morgan fingerprint density at radius 2 is 2.07 bits per heavy atom. The summed E-state index contributed by atoms with van der Waals surface area (Å²) < 4.78 is 10.8. The third-order valence-corrected chi connectivity index (χ3v) is 1.91. The highest BCUT2D eigenvalue weighted by Gasteiger charge is 2.04. The minimum absolute atomic E-state index is 0.188. The first kappa shape index (κ1) is 11.7. The van der Waals surface area contributed by atoms with Crippen LogP contribution >= 0.6 is 0 Å². The number of hydrogen-bond donors (Lipinski definition) is 1. The SMILES string of the molecule is CCNc1cc(OC(C)C)ccc1OC. The second kappa shape index (κ2) is 5.49. The molecule has 0 bridgehead atoms. The summed E-state index contributed by atoms with van der Waals surface area (Å²) in [5.74, 6) is 1.70. The van der Waals surface area contributed by atoms with Crippen molar-refractivity contribution in [2.45, 2.75) is 26.9 Å². The summed E-state index contributed by atoms with van der Waals surface area (Å²) in [6.45, 7) is 6.94. The molecule has 1 rings (SSSR count). The first-order chi connectivity index (χ1) is 7.17. The number of nitrogens with one attached hydrogen (secondary N) is 1. The van der Waals surface area contributed by atoms with E-state index in [0.29, 0.717) is 0 Å². The highest BCUT2D eigenvalue weighted by atomic mass is 16.5. The zero-order valence-electron chi connectivity index (χ0n) is 9.83. The third kappa shape index (κ3) is 3.35. The number of methoxy groups -OCH3 is 1. The molecule has 0 heterocycles. The molecule has 3 heteroatoms. The monoisotopic (exact) mass is 209 g/mol. The normalized spacial score (nSPS) is 10.2. The molecule has 84 valence electrons. The van der Waals surface area contributed by atoms with Crippen molar-refractivity contribution in [1.82, 2.24) is 0 Å². The lowest BCUT2D eigenvalue weighted by atomic mass is 10.2. The molecule has 0 aliphatic heterocycles. The Balaban J connectivity index is 2.88. The molecule has 1 aromatic rings. The van der Waals surface area contributed by atoms with Gasteiger partial charge in [0.15, 0.2) is 0 Å². The van der Waals surface area contributed by atoms with Crippen LogP contribution < -0.4 is 14.8 Å². The van der Waals surface area contributed by atoms with Crippen LogP contribution in [-0.2, 0) is 0 Å². The molecule has 3 nitrogen and oxygen atoms in total. The van der Waals surface area contributed by atoms with Crippen molar-refractivity contribution in [3.63, 3.8) is 0 Å². The van der Waals surface area contributed by atoms with E-state index < -0.39 is 0 Å². The van der Waals surface area contributed by atoms with Crippen molar-refractivity contribution in [2.75, 3.05) is 19.0 Å². The number of benzene rings is 1. The summed E-state index contributed by atoms with van der Waals surface area (Å²) in [5.41, 5.74) is 0.971. The summed E-state index contributed by atoms with van der Waals surface area (Å²) in [6.07, 6.45) is 0.188. The van der Waals surface area contributed by atoms with Crippen molar-refractivity contribution in [1.29, 1.82) is 0 Å². The minimum Gasteiger partial charge on any atom is -0.495 e. The lowest BCUT2D eigenvalue weighted by Crippen LogP contribution is -2.06. The summed E-state index contributed by atoms with van der Waals surface area (Å²) in [6, 6.07) is 5.79. The van der Waals surface area contributed by atoms with Crippen LogP contribution in [0.4, 0.5) is 5.69 Å². The van der Waals surface area contributed by atoms with Crippen LogP contribution in [0.3, 0.4) is 0 Å². The van der Waals surface area contributed by atoms with Gasteiger partial charge < -0.3 is 14.8 Å². The van der Waals surface area contributed by atoms with Crippen molar-refractivity contribution in [3.05, 3.63) is 18.2 Å². The molecule has 0 saturated carbocycles. The fourth-order valence-corrected chi connectivity index (χ4v) is 1.36. The summed E-state index contributed by atoms with van der Waals surface area (Å²) in [5, 5.41) is 3.24. The average Bonchev–Trinajstić information content (AvgIpc) is 2.18. The highest BCUT2D eigenvalue weighted by molar-refractivity contribution is 5.59. The van der Waals surface area contributed by atoms with Crippen molar-refractivity contribution in [2.24, 2.45) is 0 Å². The van der Waals surface area contributed by atoms with E-state index in [1.165, 1.54) is 0 Å². The van der Waals surface area contributed by atoms with Gasteiger partial charge in [0.2, 0.25) is 0 Å². The molecular formula is C12H19NO2. The lowest BCUT2D eigenvalue weighted by Gasteiger charge is -2.14. The van der Waals surface area contributed by atoms with Crippen LogP contribution in [0.1, 0.15) is 20.8 Å². The van der Waals surface area contributed by atoms with Crippen molar-refractivity contribution in [3.8, 4) is 11.5 Å². The van der Waals surface area contributed by atoms with Crippen LogP contribution in [0.5, 0.6) is 11.5 Å². The van der Waals surface area contributed by atoms with E-state index in [4.69, 9.17) is 9.47 Å². The topological polar surface area (TPSA) is 30.5 Å². The standard InChI is InChI=1S/C12H19NO2/c1-5-13-11-8-10(15-9(2)3)6-7-12(11)14-4/h6-9,13H,5H2,1-4H3. The molecule has 0 unspecified atom stereocenters. The third-order valence-electron chi connectivity index (χ3n) is 1.91. The van der Waals surface area contributed by atoms with Crippen LogP contribution in [0.2, 0.25) is 0 Å². The van der Waals surface area contributed by atoms with Gasteiger partial charge in [-0.05, 0) is 32.9 Å². The zero-order chi connectivity index (χ0) is 11.3. The summed E-state index contributed by atoms with van der Waals surface area (Å²) >= 11 is 0. The molecule has 0 radical (unpaired) electrons. The van der Waals surface area contributed by atoms with Gasteiger partial charge in [-0.25, -0.2) is 0 Å². The molecule has 0 saturated heterocycles. The maximum Gasteiger partial charge on any atom is 0.142 e. The van der Waals surface area contributed by atoms with Crippen molar-refractivity contribution >= 4 is 5.69 Å². The van der Waals surface area contributed by atoms with Gasteiger partial charge in [0.25, 0.3) is 0 Å². The van der Waals surface area contributed by atoms with Gasteiger partial charge in [-0.15, -0.1) is 0 Å². The van der Waals surface area contributed by atoms with Gasteiger partial charge in [-0.2, -0.15) is 0 Å². The Labute approximate surface area is 91.4 Å². The fourth-order valence-electron chi connectivity index (χ4n) is 1.36. The predicted octanol–water partition coefficient (Wildman–Crippen LogP) is 2.91. The fraction of sp³-hybridized carbons (Fsp3) is 0.500. The maximum atomic E-state index is 5.61. The molecule has 0 aliphatic rings. The minimum atomic E-state index is 0.188. The average molecular weight is 209 g/mol. The van der Waals surface area contributed by atoms with E-state index in [1.807, 2.05) is 32.0 Å². The number of anilines is 1. The van der Waals surface area contributed by atoms with E-state index in [0.717, 1.165) is 23.7 Å². The van der Waals surface area contributed by atoms with E-state index in [-0.39, 0.29) is 6.10 Å². The van der Waals surface area contributed by atoms with Crippen LogP contribution in [0, 0.1) is 0 Å². The molecule has 15 heavy (non-hydrogen) atoms. The lowest BCUT2D eigenvalue weighted by molar-refractivity contribution is 0.242. The Bertz CT molecular complexity index is 310. The number of rotatable bonds is 5. The molecule has 0 amide bonds.